The molecule has 1 aromatic carbocycles. The van der Waals surface area contributed by atoms with E-state index in [0.29, 0.717) is 43.1 Å². The second kappa shape index (κ2) is 7.57. The molecule has 8 nitrogen and oxygen atoms in total. The van der Waals surface area contributed by atoms with E-state index in [1.165, 1.54) is 13.8 Å². The summed E-state index contributed by atoms with van der Waals surface area (Å²) < 4.78 is 0. The molecule has 0 aromatic heterocycles. The van der Waals surface area contributed by atoms with Crippen LogP contribution in [0.1, 0.15) is 19.4 Å². The Labute approximate surface area is 153 Å². The molecule has 1 fully saturated rings. The average molecular weight is 361 g/mol. The minimum absolute atomic E-state index is 0.0665. The number of hydrogen-bond donors (Lipinski definition) is 5. The average Bonchev–Trinajstić information content (AvgIpc) is 2.58. The molecule has 142 valence electrons. The van der Waals surface area contributed by atoms with Crippen LogP contribution >= 0.6 is 0 Å². The standard InChI is InChI=1S/C18H27N5O3/c1-18(2,26)17(25)23-9-7-22(8-10-23)14(16(20)21)11-13(19)12-5-3-4-6-15(12)24/h3-6,11,24,26H,7-10,19-21H2,1-2H3/b13-11-. The third-order valence-electron chi connectivity index (χ3n) is 4.23. The van der Waals surface area contributed by atoms with Crippen molar-refractivity contribution in [1.29, 1.82) is 0 Å². The first-order valence-electron chi connectivity index (χ1n) is 8.38. The van der Waals surface area contributed by atoms with Gasteiger partial charge in [-0.2, -0.15) is 0 Å². The zero-order valence-electron chi connectivity index (χ0n) is 15.1. The van der Waals surface area contributed by atoms with E-state index in [4.69, 9.17) is 17.2 Å². The molecule has 0 aliphatic carbocycles. The quantitative estimate of drug-likeness (QED) is 0.463. The van der Waals surface area contributed by atoms with Gasteiger partial charge in [-0.05, 0) is 32.1 Å². The summed E-state index contributed by atoms with van der Waals surface area (Å²) in [6, 6.07) is 6.72. The highest BCUT2D eigenvalue weighted by molar-refractivity contribution is 5.84. The summed E-state index contributed by atoms with van der Waals surface area (Å²) in [5.41, 5.74) is 17.7. The lowest BCUT2D eigenvalue weighted by atomic mass is 10.1. The van der Waals surface area contributed by atoms with Crippen LogP contribution in [0.3, 0.4) is 0 Å². The summed E-state index contributed by atoms with van der Waals surface area (Å²) >= 11 is 0. The van der Waals surface area contributed by atoms with Gasteiger partial charge in [0.25, 0.3) is 5.91 Å². The lowest BCUT2D eigenvalue weighted by molar-refractivity contribution is -0.149. The number of para-hydroxylation sites is 1. The normalized spacial score (nSPS) is 15.7. The third-order valence-corrected chi connectivity index (χ3v) is 4.23. The highest BCUT2D eigenvalue weighted by Gasteiger charge is 2.31. The van der Waals surface area contributed by atoms with Gasteiger partial charge in [0.05, 0.1) is 5.70 Å². The molecule has 0 unspecified atom stereocenters. The van der Waals surface area contributed by atoms with Crippen LogP contribution in [-0.4, -0.2) is 57.7 Å². The Morgan fingerprint density at radius 2 is 1.62 bits per heavy atom. The number of carbonyl (C=O) groups is 1. The van der Waals surface area contributed by atoms with E-state index in [1.807, 2.05) is 4.90 Å². The fourth-order valence-corrected chi connectivity index (χ4v) is 2.84. The van der Waals surface area contributed by atoms with Crippen LogP contribution < -0.4 is 17.2 Å². The van der Waals surface area contributed by atoms with Gasteiger partial charge in [-0.15, -0.1) is 0 Å². The maximum atomic E-state index is 12.2. The van der Waals surface area contributed by atoms with Crippen LogP contribution in [-0.2, 0) is 4.79 Å². The molecule has 2 rings (SSSR count). The Bertz CT molecular complexity index is 725. The molecule has 1 aromatic rings. The summed E-state index contributed by atoms with van der Waals surface area (Å²) in [4.78, 5) is 15.7. The van der Waals surface area contributed by atoms with Crippen LogP contribution in [0.15, 0.2) is 41.9 Å². The molecule has 0 bridgehead atoms. The molecular weight excluding hydrogens is 334 g/mol. The highest BCUT2D eigenvalue weighted by atomic mass is 16.3. The fraction of sp³-hybridized carbons (Fsp3) is 0.389. The number of nitrogens with zero attached hydrogens (tertiary/aromatic N) is 2. The Morgan fingerprint density at radius 3 is 2.12 bits per heavy atom. The third kappa shape index (κ3) is 4.40. The second-order valence-corrected chi connectivity index (χ2v) is 6.80. The number of carbonyl (C=O) groups excluding carboxylic acids is 1. The summed E-state index contributed by atoms with van der Waals surface area (Å²) in [6.07, 6.45) is 1.62. The van der Waals surface area contributed by atoms with E-state index < -0.39 is 5.60 Å². The zero-order chi connectivity index (χ0) is 19.5. The van der Waals surface area contributed by atoms with Crippen LogP contribution in [0.4, 0.5) is 0 Å². The van der Waals surface area contributed by atoms with Crippen molar-refractivity contribution >= 4 is 11.6 Å². The number of phenols is 1. The molecule has 0 spiro atoms. The molecule has 0 atom stereocenters. The number of aliphatic hydroxyl groups is 1. The first kappa shape index (κ1) is 19.5. The largest absolute Gasteiger partial charge is 0.507 e. The number of aromatic hydroxyl groups is 1. The lowest BCUT2D eigenvalue weighted by Gasteiger charge is -2.38. The number of amides is 1. The van der Waals surface area contributed by atoms with E-state index in [1.54, 1.807) is 35.2 Å². The Balaban J connectivity index is 2.16. The first-order chi connectivity index (χ1) is 12.1. The molecule has 0 radical (unpaired) electrons. The van der Waals surface area contributed by atoms with Crippen LogP contribution in [0.2, 0.25) is 0 Å². The van der Waals surface area contributed by atoms with Crippen LogP contribution in [0, 0.1) is 0 Å². The number of nitrogens with two attached hydrogens (primary N) is 3. The minimum Gasteiger partial charge on any atom is -0.507 e. The summed E-state index contributed by atoms with van der Waals surface area (Å²) in [7, 11) is 0. The number of phenolic OH excluding ortho intramolecular Hbond substituents is 1. The molecule has 8 heteroatoms. The van der Waals surface area contributed by atoms with Crippen molar-refractivity contribution in [3.63, 3.8) is 0 Å². The van der Waals surface area contributed by atoms with Gasteiger partial charge >= 0.3 is 0 Å². The van der Waals surface area contributed by atoms with Gasteiger partial charge in [0, 0.05) is 37.4 Å². The van der Waals surface area contributed by atoms with Crippen LogP contribution in [0.25, 0.3) is 5.70 Å². The molecule has 26 heavy (non-hydrogen) atoms. The molecular formula is C18H27N5O3. The predicted octanol–water partition coefficient (Wildman–Crippen LogP) is -0.307. The topological polar surface area (TPSA) is 142 Å². The number of hydrogen-bond acceptors (Lipinski definition) is 7. The monoisotopic (exact) mass is 361 g/mol. The fourth-order valence-electron chi connectivity index (χ4n) is 2.84. The van der Waals surface area contributed by atoms with E-state index in [-0.39, 0.29) is 17.5 Å². The molecule has 1 heterocycles. The molecule has 1 saturated heterocycles. The van der Waals surface area contributed by atoms with E-state index in [2.05, 4.69) is 0 Å². The van der Waals surface area contributed by atoms with Gasteiger partial charge in [-0.25, -0.2) is 0 Å². The minimum atomic E-state index is -1.40. The predicted molar refractivity (Wildman–Crippen MR) is 100 cm³/mol. The summed E-state index contributed by atoms with van der Waals surface area (Å²) in [5, 5.41) is 19.8. The van der Waals surface area contributed by atoms with E-state index in [0.717, 1.165) is 0 Å². The molecule has 1 aliphatic heterocycles. The molecule has 1 aliphatic rings. The Morgan fingerprint density at radius 1 is 1.08 bits per heavy atom. The Kier molecular flexibility index (Phi) is 5.66. The first-order valence-corrected chi connectivity index (χ1v) is 8.38. The zero-order valence-corrected chi connectivity index (χ0v) is 15.1. The molecule has 0 saturated carbocycles. The second-order valence-electron chi connectivity index (χ2n) is 6.80. The van der Waals surface area contributed by atoms with Gasteiger partial charge < -0.3 is 37.2 Å². The van der Waals surface area contributed by atoms with Gasteiger partial charge in [-0.3, -0.25) is 4.79 Å². The highest BCUT2D eigenvalue weighted by Crippen LogP contribution is 2.23. The van der Waals surface area contributed by atoms with Crippen molar-refractivity contribution in [3.05, 3.63) is 47.4 Å². The van der Waals surface area contributed by atoms with Crippen molar-refractivity contribution in [2.75, 3.05) is 26.2 Å². The number of rotatable bonds is 4. The summed E-state index contributed by atoms with van der Waals surface area (Å²) in [6.45, 7) is 4.81. The van der Waals surface area contributed by atoms with Gasteiger partial charge in [0.2, 0.25) is 0 Å². The van der Waals surface area contributed by atoms with Crippen LogP contribution in [0.5, 0.6) is 5.75 Å². The summed E-state index contributed by atoms with van der Waals surface area (Å²) in [5.74, 6) is -0.143. The van der Waals surface area contributed by atoms with E-state index >= 15 is 0 Å². The van der Waals surface area contributed by atoms with Crippen molar-refractivity contribution in [3.8, 4) is 5.75 Å². The van der Waals surface area contributed by atoms with Gasteiger partial charge in [0.15, 0.2) is 0 Å². The van der Waals surface area contributed by atoms with Gasteiger partial charge in [-0.1, -0.05) is 12.1 Å². The molecule has 1 amide bonds. The molecule has 8 N–H and O–H groups in total. The Hall–Kier alpha value is -2.87. The van der Waals surface area contributed by atoms with Crippen molar-refractivity contribution in [2.24, 2.45) is 17.2 Å². The number of piperazine rings is 1. The maximum Gasteiger partial charge on any atom is 0.254 e. The maximum absolute atomic E-state index is 12.2. The number of allylic oxidation sites excluding steroid dienone is 1. The van der Waals surface area contributed by atoms with Crippen molar-refractivity contribution < 1.29 is 15.0 Å². The van der Waals surface area contributed by atoms with Crippen molar-refractivity contribution in [1.82, 2.24) is 9.80 Å². The SMILES string of the molecule is CC(C)(O)C(=O)N1CCN(C(/C=C(\N)c2ccccc2O)=C(N)N)CC1. The smallest absolute Gasteiger partial charge is 0.254 e. The van der Waals surface area contributed by atoms with Gasteiger partial charge in [0.1, 0.15) is 17.2 Å². The lowest BCUT2D eigenvalue weighted by Crippen LogP contribution is -2.54. The number of benzene rings is 1. The van der Waals surface area contributed by atoms with Crippen molar-refractivity contribution in [2.45, 2.75) is 19.4 Å². The van der Waals surface area contributed by atoms with E-state index in [9.17, 15) is 15.0 Å².